The average molecular weight is 329 g/mol. The molecular formula is C23H25N2+. The molecule has 1 aromatic carbocycles. The zero-order chi connectivity index (χ0) is 17.8. The van der Waals surface area contributed by atoms with E-state index in [0.29, 0.717) is 6.54 Å². The Labute approximate surface area is 150 Å². The third-order valence-electron chi connectivity index (χ3n) is 4.72. The van der Waals surface area contributed by atoms with Crippen molar-refractivity contribution < 1.29 is 4.57 Å². The molecule has 0 N–H and O–H groups in total. The zero-order valence-corrected chi connectivity index (χ0v) is 15.2. The third-order valence-corrected chi connectivity index (χ3v) is 4.72. The summed E-state index contributed by atoms with van der Waals surface area (Å²) < 4.78 is 2.28. The van der Waals surface area contributed by atoms with Crippen molar-refractivity contribution in [3.05, 3.63) is 95.9 Å². The van der Waals surface area contributed by atoms with Crippen LogP contribution in [-0.2, 0) is 0 Å². The summed E-state index contributed by atoms with van der Waals surface area (Å²) in [6.07, 6.45) is 8.41. The van der Waals surface area contributed by atoms with Crippen molar-refractivity contribution in [3.63, 3.8) is 0 Å². The third kappa shape index (κ3) is 3.25. The number of aryl methyl sites for hydroxylation is 1. The van der Waals surface area contributed by atoms with Gasteiger partial charge in [0.15, 0.2) is 6.20 Å². The summed E-state index contributed by atoms with van der Waals surface area (Å²) in [5.41, 5.74) is 7.05. The molecule has 0 amide bonds. The van der Waals surface area contributed by atoms with E-state index >= 15 is 0 Å². The highest BCUT2D eigenvalue weighted by atomic mass is 15.1. The average Bonchev–Trinajstić information content (AvgIpc) is 2.90. The van der Waals surface area contributed by atoms with Gasteiger partial charge in [-0.2, -0.15) is 4.57 Å². The topological polar surface area (TPSA) is 16.2 Å². The second kappa shape index (κ2) is 7.43. The first-order valence-electron chi connectivity index (χ1n) is 8.76. The van der Waals surface area contributed by atoms with Gasteiger partial charge in [0.25, 0.3) is 0 Å². The first-order valence-corrected chi connectivity index (χ1v) is 8.76. The van der Waals surface area contributed by atoms with Crippen LogP contribution < -0.4 is 4.57 Å². The van der Waals surface area contributed by atoms with Gasteiger partial charge >= 0.3 is 0 Å². The maximum atomic E-state index is 4.97. The molecule has 0 fully saturated rings. The van der Waals surface area contributed by atoms with E-state index in [2.05, 4.69) is 85.8 Å². The van der Waals surface area contributed by atoms with Crippen LogP contribution in [0.15, 0.2) is 84.0 Å². The molecular weight excluding hydrogens is 304 g/mol. The molecule has 2 nitrogen and oxygen atoms in total. The van der Waals surface area contributed by atoms with Crippen LogP contribution in [-0.4, -0.2) is 12.3 Å². The number of pyridine rings is 1. The first-order chi connectivity index (χ1) is 12.2. The maximum Gasteiger partial charge on any atom is 0.213 e. The van der Waals surface area contributed by atoms with Crippen LogP contribution >= 0.6 is 0 Å². The highest BCUT2D eigenvalue weighted by Gasteiger charge is 2.37. The Bertz CT molecular complexity index is 884. The van der Waals surface area contributed by atoms with Crippen LogP contribution in [0.3, 0.4) is 0 Å². The number of hydrogen-bond donors (Lipinski definition) is 0. The Morgan fingerprint density at radius 1 is 1.16 bits per heavy atom. The Morgan fingerprint density at radius 2 is 1.92 bits per heavy atom. The molecule has 25 heavy (non-hydrogen) atoms. The Hall–Kier alpha value is -2.74. The number of aliphatic imine (C=N–C) groups is 1. The molecule has 1 aliphatic rings. The van der Waals surface area contributed by atoms with Crippen LogP contribution in [0.1, 0.15) is 36.7 Å². The van der Waals surface area contributed by atoms with Gasteiger partial charge in [0.2, 0.25) is 11.7 Å². The molecule has 0 spiro atoms. The lowest BCUT2D eigenvalue weighted by atomic mass is 10.0. The van der Waals surface area contributed by atoms with Gasteiger partial charge in [-0.15, -0.1) is 0 Å². The van der Waals surface area contributed by atoms with Crippen molar-refractivity contribution >= 4 is 11.3 Å². The van der Waals surface area contributed by atoms with Gasteiger partial charge in [0.05, 0.1) is 11.3 Å². The normalized spacial score (nSPS) is 19.0. The standard InChI is InChI=1S/C23H25N2/c1-5-11-21(20-13-8-7-12-17(20)3)24-16-23-18(4)19(6-2)22-14-9-10-15-25(22)23/h5-15,23H,4,16H2,1-3H3/q+1. The Kier molecular flexibility index (Phi) is 5.08. The van der Waals surface area contributed by atoms with Gasteiger partial charge in [0, 0.05) is 23.3 Å². The highest BCUT2D eigenvalue weighted by molar-refractivity contribution is 6.09. The number of hydrogen-bond acceptors (Lipinski definition) is 1. The summed E-state index contributed by atoms with van der Waals surface area (Å²) in [7, 11) is 0. The lowest BCUT2D eigenvalue weighted by molar-refractivity contribution is -0.706. The van der Waals surface area contributed by atoms with E-state index in [9.17, 15) is 0 Å². The molecule has 2 heterocycles. The SMILES string of the molecule is C=C1C(=CC)c2cccc[n+]2C1CN=C(C=CC)c1ccccc1C. The monoisotopic (exact) mass is 329 g/mol. The molecule has 0 saturated heterocycles. The van der Waals surface area contributed by atoms with Gasteiger partial charge in [-0.25, -0.2) is 0 Å². The predicted molar refractivity (Wildman–Crippen MR) is 106 cm³/mol. The van der Waals surface area contributed by atoms with Crippen LogP contribution in [0.2, 0.25) is 0 Å². The molecule has 126 valence electrons. The number of fused-ring (bicyclic) bond motifs is 1. The van der Waals surface area contributed by atoms with E-state index in [4.69, 9.17) is 4.99 Å². The summed E-state index contributed by atoms with van der Waals surface area (Å²) in [6.45, 7) is 11.3. The molecule has 1 atom stereocenters. The van der Waals surface area contributed by atoms with Gasteiger partial charge in [-0.05, 0) is 38.5 Å². The van der Waals surface area contributed by atoms with E-state index in [1.165, 1.54) is 22.4 Å². The Morgan fingerprint density at radius 3 is 2.64 bits per heavy atom. The van der Waals surface area contributed by atoms with E-state index in [-0.39, 0.29) is 6.04 Å². The lowest BCUT2D eigenvalue weighted by Gasteiger charge is -2.09. The minimum Gasteiger partial charge on any atom is -0.277 e. The van der Waals surface area contributed by atoms with Gasteiger partial charge < -0.3 is 0 Å². The summed E-state index contributed by atoms with van der Waals surface area (Å²) in [6, 6.07) is 14.9. The van der Waals surface area contributed by atoms with Gasteiger partial charge in [-0.1, -0.05) is 43.0 Å². The minimum atomic E-state index is 0.173. The van der Waals surface area contributed by atoms with Crippen molar-refractivity contribution in [2.75, 3.05) is 6.54 Å². The molecule has 2 heteroatoms. The first kappa shape index (κ1) is 17.1. The van der Waals surface area contributed by atoms with Crippen molar-refractivity contribution in [3.8, 4) is 0 Å². The summed E-state index contributed by atoms with van der Waals surface area (Å²) >= 11 is 0. The van der Waals surface area contributed by atoms with Gasteiger partial charge in [-0.3, -0.25) is 4.99 Å². The number of nitrogens with zero attached hydrogens (tertiary/aromatic N) is 2. The second-order valence-electron chi connectivity index (χ2n) is 6.28. The number of benzene rings is 1. The molecule has 0 aliphatic carbocycles. The fourth-order valence-electron chi connectivity index (χ4n) is 3.43. The molecule has 2 aromatic rings. The smallest absolute Gasteiger partial charge is 0.213 e. The minimum absolute atomic E-state index is 0.173. The highest BCUT2D eigenvalue weighted by Crippen LogP contribution is 2.33. The van der Waals surface area contributed by atoms with Gasteiger partial charge in [0.1, 0.15) is 6.54 Å². The lowest BCUT2D eigenvalue weighted by Crippen LogP contribution is -2.39. The molecule has 0 saturated carbocycles. The van der Waals surface area contributed by atoms with E-state index < -0.39 is 0 Å². The largest absolute Gasteiger partial charge is 0.277 e. The van der Waals surface area contributed by atoms with Crippen molar-refractivity contribution in [1.82, 2.24) is 0 Å². The van der Waals surface area contributed by atoms with E-state index in [0.717, 1.165) is 11.3 Å². The van der Waals surface area contributed by atoms with Crippen LogP contribution in [0.4, 0.5) is 0 Å². The van der Waals surface area contributed by atoms with Crippen LogP contribution in [0.25, 0.3) is 5.57 Å². The summed E-state index contributed by atoms with van der Waals surface area (Å²) in [4.78, 5) is 4.97. The van der Waals surface area contributed by atoms with Crippen molar-refractivity contribution in [2.24, 2.45) is 4.99 Å². The fraction of sp³-hybridized carbons (Fsp3) is 0.217. The number of allylic oxidation sites excluding steroid dienone is 4. The zero-order valence-electron chi connectivity index (χ0n) is 15.2. The second-order valence-corrected chi connectivity index (χ2v) is 6.28. The molecule has 1 aromatic heterocycles. The fourth-order valence-corrected chi connectivity index (χ4v) is 3.43. The maximum absolute atomic E-state index is 4.97. The van der Waals surface area contributed by atoms with Crippen molar-refractivity contribution in [2.45, 2.75) is 26.8 Å². The van der Waals surface area contributed by atoms with E-state index in [1.807, 2.05) is 13.0 Å². The molecule has 3 rings (SSSR count). The molecule has 0 bridgehead atoms. The van der Waals surface area contributed by atoms with Crippen LogP contribution in [0.5, 0.6) is 0 Å². The molecule has 0 radical (unpaired) electrons. The summed E-state index contributed by atoms with van der Waals surface area (Å²) in [5.74, 6) is 0. The molecule has 1 aliphatic heterocycles. The predicted octanol–water partition coefficient (Wildman–Crippen LogP) is 4.86. The summed E-state index contributed by atoms with van der Waals surface area (Å²) in [5, 5.41) is 0. The number of rotatable bonds is 4. The van der Waals surface area contributed by atoms with Crippen LogP contribution in [0, 0.1) is 6.92 Å². The van der Waals surface area contributed by atoms with Crippen molar-refractivity contribution in [1.29, 1.82) is 0 Å². The quantitative estimate of drug-likeness (QED) is 0.562. The number of aromatic nitrogens is 1. The molecule has 1 unspecified atom stereocenters. The van der Waals surface area contributed by atoms with E-state index in [1.54, 1.807) is 0 Å². The Balaban J connectivity index is 1.97.